The summed E-state index contributed by atoms with van der Waals surface area (Å²) in [7, 11) is -3.68. The van der Waals surface area contributed by atoms with Crippen molar-refractivity contribution in [3.8, 4) is 0 Å². The van der Waals surface area contributed by atoms with Crippen LogP contribution in [0, 0.1) is 19.8 Å². The topological polar surface area (TPSA) is 60.9 Å². The van der Waals surface area contributed by atoms with Crippen LogP contribution in [0.5, 0.6) is 0 Å². The quantitative estimate of drug-likeness (QED) is 0.527. The Balaban J connectivity index is 1.37. The highest BCUT2D eigenvalue weighted by molar-refractivity contribution is 7.89. The van der Waals surface area contributed by atoms with E-state index >= 15 is 0 Å². The maximum Gasteiger partial charge on any atom is 0.243 e. The summed E-state index contributed by atoms with van der Waals surface area (Å²) in [6.45, 7) is 7.45. The number of rotatable bonds is 5. The maximum atomic E-state index is 13.9. The van der Waals surface area contributed by atoms with Crippen molar-refractivity contribution in [3.05, 3.63) is 95.6 Å². The molecule has 2 atom stereocenters. The molecule has 0 aliphatic carbocycles. The largest absolute Gasteiger partial charge is 0.368 e. The van der Waals surface area contributed by atoms with Crippen LogP contribution >= 0.6 is 0 Å². The second-order valence-electron chi connectivity index (χ2n) is 9.86. The van der Waals surface area contributed by atoms with Crippen molar-refractivity contribution in [2.24, 2.45) is 5.92 Å². The minimum atomic E-state index is -3.68. The first-order valence-corrected chi connectivity index (χ1v) is 14.0. The average molecular weight is 504 g/mol. The monoisotopic (exact) mass is 503 g/mol. The van der Waals surface area contributed by atoms with Gasteiger partial charge in [0.25, 0.3) is 0 Å². The highest BCUT2D eigenvalue weighted by Gasteiger charge is 2.45. The van der Waals surface area contributed by atoms with Crippen molar-refractivity contribution in [1.29, 1.82) is 0 Å². The van der Waals surface area contributed by atoms with Crippen molar-refractivity contribution in [2.45, 2.75) is 24.7 Å². The lowest BCUT2D eigenvalue weighted by atomic mass is 9.87. The summed E-state index contributed by atoms with van der Waals surface area (Å²) in [5.41, 5.74) is 4.60. The molecular formula is C29H33N3O3S. The molecule has 6 nitrogen and oxygen atoms in total. The van der Waals surface area contributed by atoms with Crippen LogP contribution in [0.3, 0.4) is 0 Å². The van der Waals surface area contributed by atoms with Gasteiger partial charge < -0.3 is 9.80 Å². The van der Waals surface area contributed by atoms with Crippen molar-refractivity contribution >= 4 is 21.6 Å². The van der Waals surface area contributed by atoms with E-state index < -0.39 is 15.9 Å². The Hall–Kier alpha value is -3.16. The van der Waals surface area contributed by atoms with Crippen LogP contribution in [0.2, 0.25) is 0 Å². The van der Waals surface area contributed by atoms with Gasteiger partial charge in [0.1, 0.15) is 0 Å². The smallest absolute Gasteiger partial charge is 0.243 e. The summed E-state index contributed by atoms with van der Waals surface area (Å²) >= 11 is 0. The number of carbonyl (C=O) groups excluding carboxylic acids is 1. The lowest BCUT2D eigenvalue weighted by molar-refractivity contribution is -0.135. The average Bonchev–Trinajstić information content (AvgIpc) is 3.36. The molecule has 3 aromatic rings. The Labute approximate surface area is 214 Å². The Kier molecular flexibility index (Phi) is 6.86. The van der Waals surface area contributed by atoms with E-state index in [-0.39, 0.29) is 23.3 Å². The third kappa shape index (κ3) is 4.77. The second kappa shape index (κ2) is 10.1. The second-order valence-corrected chi connectivity index (χ2v) is 11.8. The molecule has 2 aliphatic rings. The number of benzene rings is 3. The van der Waals surface area contributed by atoms with Gasteiger partial charge in [0, 0.05) is 50.9 Å². The van der Waals surface area contributed by atoms with E-state index in [9.17, 15) is 13.2 Å². The molecule has 0 aromatic heterocycles. The summed E-state index contributed by atoms with van der Waals surface area (Å²) < 4.78 is 28.4. The van der Waals surface area contributed by atoms with Gasteiger partial charge in [-0.1, -0.05) is 66.2 Å². The Bertz CT molecular complexity index is 1320. The van der Waals surface area contributed by atoms with Crippen LogP contribution in [-0.2, 0) is 14.8 Å². The zero-order chi connectivity index (χ0) is 25.3. The summed E-state index contributed by atoms with van der Waals surface area (Å²) in [6.07, 6.45) is 0. The van der Waals surface area contributed by atoms with Gasteiger partial charge in [0.2, 0.25) is 15.9 Å². The zero-order valence-electron chi connectivity index (χ0n) is 20.9. The van der Waals surface area contributed by atoms with Crippen LogP contribution in [-0.4, -0.2) is 62.8 Å². The summed E-state index contributed by atoms with van der Waals surface area (Å²) in [6, 6.07) is 25.0. The zero-order valence-corrected chi connectivity index (χ0v) is 21.7. The van der Waals surface area contributed by atoms with Gasteiger partial charge in [-0.05, 0) is 43.2 Å². The minimum Gasteiger partial charge on any atom is -0.368 e. The number of nitrogens with zero attached hydrogens (tertiary/aromatic N) is 3. The molecule has 5 rings (SSSR count). The first kappa shape index (κ1) is 24.5. The number of aryl methyl sites for hydroxylation is 2. The van der Waals surface area contributed by atoms with Crippen LogP contribution in [0.1, 0.15) is 22.6 Å². The molecule has 2 heterocycles. The predicted molar refractivity (Wildman–Crippen MR) is 143 cm³/mol. The van der Waals surface area contributed by atoms with Gasteiger partial charge in [0.15, 0.2) is 0 Å². The molecule has 0 bridgehead atoms. The molecule has 2 fully saturated rings. The first-order valence-electron chi connectivity index (χ1n) is 12.6. The van der Waals surface area contributed by atoms with Crippen LogP contribution in [0.15, 0.2) is 83.8 Å². The first-order chi connectivity index (χ1) is 17.3. The van der Waals surface area contributed by atoms with Crippen molar-refractivity contribution in [2.75, 3.05) is 44.2 Å². The number of carbonyl (C=O) groups is 1. The fraction of sp³-hybridized carbons (Fsp3) is 0.345. The van der Waals surface area contributed by atoms with Crippen LogP contribution in [0.4, 0.5) is 5.69 Å². The standard InChI is InChI=1S/C29H33N3O3S/c1-22-12-14-24(15-13-22)26-20-32(36(34,35)25-9-4-3-5-10-25)21-27(26)29(33)31-18-16-30(17-19-31)28-11-7-6-8-23(28)2/h3-15,26-27H,16-21H2,1-2H3/t26-,27+/m1/s1. The van der Waals surface area contributed by atoms with E-state index in [1.165, 1.54) is 15.6 Å². The molecule has 2 saturated heterocycles. The molecular weight excluding hydrogens is 470 g/mol. The number of para-hydroxylation sites is 1. The number of hydrogen-bond donors (Lipinski definition) is 0. The van der Waals surface area contributed by atoms with E-state index in [4.69, 9.17) is 0 Å². The fourth-order valence-electron chi connectivity index (χ4n) is 5.43. The summed E-state index contributed by atoms with van der Waals surface area (Å²) in [5.74, 6) is -0.530. The van der Waals surface area contributed by atoms with E-state index in [0.717, 1.165) is 24.2 Å². The molecule has 0 saturated carbocycles. The SMILES string of the molecule is Cc1ccc([C@H]2CN(S(=O)(=O)c3ccccc3)C[C@@H]2C(=O)N2CCN(c3ccccc3C)CC2)cc1. The molecule has 0 radical (unpaired) electrons. The molecule has 1 amide bonds. The van der Waals surface area contributed by atoms with Gasteiger partial charge in [-0.2, -0.15) is 4.31 Å². The summed E-state index contributed by atoms with van der Waals surface area (Å²) in [5, 5.41) is 0. The minimum absolute atomic E-state index is 0.0516. The Morgan fingerprint density at radius 2 is 1.42 bits per heavy atom. The molecule has 0 spiro atoms. The number of anilines is 1. The lowest BCUT2D eigenvalue weighted by Gasteiger charge is -2.38. The Morgan fingerprint density at radius 1 is 0.778 bits per heavy atom. The molecule has 0 N–H and O–H groups in total. The Morgan fingerprint density at radius 3 is 2.08 bits per heavy atom. The number of piperazine rings is 1. The molecule has 7 heteroatoms. The number of amides is 1. The number of hydrogen-bond acceptors (Lipinski definition) is 4. The number of sulfonamides is 1. The van der Waals surface area contributed by atoms with E-state index in [2.05, 4.69) is 24.0 Å². The van der Waals surface area contributed by atoms with Crippen molar-refractivity contribution in [1.82, 2.24) is 9.21 Å². The van der Waals surface area contributed by atoms with Gasteiger partial charge in [-0.15, -0.1) is 0 Å². The maximum absolute atomic E-state index is 13.9. The van der Waals surface area contributed by atoms with E-state index in [1.54, 1.807) is 30.3 Å². The third-order valence-corrected chi connectivity index (χ3v) is 9.38. The lowest BCUT2D eigenvalue weighted by Crippen LogP contribution is -2.51. The van der Waals surface area contributed by atoms with Gasteiger partial charge in [0.05, 0.1) is 10.8 Å². The van der Waals surface area contributed by atoms with E-state index in [0.29, 0.717) is 19.6 Å². The van der Waals surface area contributed by atoms with Gasteiger partial charge in [-0.25, -0.2) is 8.42 Å². The van der Waals surface area contributed by atoms with Crippen molar-refractivity contribution in [3.63, 3.8) is 0 Å². The van der Waals surface area contributed by atoms with Crippen molar-refractivity contribution < 1.29 is 13.2 Å². The van der Waals surface area contributed by atoms with Gasteiger partial charge >= 0.3 is 0 Å². The third-order valence-electron chi connectivity index (χ3n) is 7.54. The molecule has 188 valence electrons. The molecule has 3 aromatic carbocycles. The van der Waals surface area contributed by atoms with Crippen LogP contribution in [0.25, 0.3) is 0 Å². The van der Waals surface area contributed by atoms with Gasteiger partial charge in [-0.3, -0.25) is 4.79 Å². The highest BCUT2D eigenvalue weighted by atomic mass is 32.2. The molecule has 0 unspecified atom stereocenters. The fourth-order valence-corrected chi connectivity index (χ4v) is 6.94. The summed E-state index contributed by atoms with van der Waals surface area (Å²) in [4.78, 5) is 18.4. The van der Waals surface area contributed by atoms with Crippen LogP contribution < -0.4 is 4.90 Å². The van der Waals surface area contributed by atoms with E-state index in [1.807, 2.05) is 48.2 Å². The normalized spacial score (nSPS) is 21.1. The molecule has 2 aliphatic heterocycles. The highest BCUT2D eigenvalue weighted by Crippen LogP contribution is 2.37. The molecule has 36 heavy (non-hydrogen) atoms. The predicted octanol–water partition coefficient (Wildman–Crippen LogP) is 4.06.